The van der Waals surface area contributed by atoms with Crippen LogP contribution in [0.5, 0.6) is 23.0 Å². The van der Waals surface area contributed by atoms with Gasteiger partial charge in [-0.2, -0.15) is 0 Å². The van der Waals surface area contributed by atoms with Crippen LogP contribution in [0.4, 0.5) is 0 Å². The summed E-state index contributed by atoms with van der Waals surface area (Å²) in [6.45, 7) is 2.16. The van der Waals surface area contributed by atoms with Crippen LogP contribution in [0.2, 0.25) is 0 Å². The van der Waals surface area contributed by atoms with Gasteiger partial charge in [-0.1, -0.05) is 11.6 Å². The van der Waals surface area contributed by atoms with Crippen LogP contribution in [0.1, 0.15) is 23.1 Å². The van der Waals surface area contributed by atoms with E-state index in [1.807, 2.05) is 37.3 Å². The van der Waals surface area contributed by atoms with E-state index in [2.05, 4.69) is 0 Å². The summed E-state index contributed by atoms with van der Waals surface area (Å²) in [5, 5.41) is 0. The molecule has 0 fully saturated rings. The normalized spacial score (nSPS) is 10.3. The van der Waals surface area contributed by atoms with Crippen LogP contribution >= 0.6 is 0 Å². The van der Waals surface area contributed by atoms with Gasteiger partial charge in [0.1, 0.15) is 12.4 Å². The molecule has 0 atom stereocenters. The van der Waals surface area contributed by atoms with Crippen LogP contribution < -0.4 is 18.9 Å². The Bertz CT molecular complexity index is 759. The first kappa shape index (κ1) is 20.4. The van der Waals surface area contributed by atoms with Crippen molar-refractivity contribution in [3.63, 3.8) is 0 Å². The maximum absolute atomic E-state index is 12.2. The number of hydrogen-bond donors (Lipinski definition) is 0. The van der Waals surface area contributed by atoms with Gasteiger partial charge < -0.3 is 23.7 Å². The van der Waals surface area contributed by atoms with Crippen molar-refractivity contribution in [1.29, 1.82) is 0 Å². The molecule has 2 aromatic rings. The second kappa shape index (κ2) is 9.71. The van der Waals surface area contributed by atoms with Gasteiger partial charge in [-0.25, -0.2) is 0 Å². The monoisotopic (exact) mass is 374 g/mol. The highest BCUT2D eigenvalue weighted by molar-refractivity contribution is 5.70. The van der Waals surface area contributed by atoms with Gasteiger partial charge in [0, 0.05) is 12.0 Å². The van der Waals surface area contributed by atoms with Crippen molar-refractivity contribution in [3.05, 3.63) is 47.0 Å². The summed E-state index contributed by atoms with van der Waals surface area (Å²) in [4.78, 5) is 12.2. The summed E-state index contributed by atoms with van der Waals surface area (Å²) in [5.41, 5.74) is 2.83. The zero-order valence-corrected chi connectivity index (χ0v) is 16.5. The molecule has 0 radical (unpaired) electrons. The summed E-state index contributed by atoms with van der Waals surface area (Å²) in [6, 6.07) is 9.44. The number of rotatable bonds is 9. The molecule has 2 rings (SSSR count). The van der Waals surface area contributed by atoms with Gasteiger partial charge in [0.2, 0.25) is 5.75 Å². The molecule has 0 aromatic heterocycles. The molecule has 6 nitrogen and oxygen atoms in total. The highest BCUT2D eigenvalue weighted by atomic mass is 16.5. The number of aryl methyl sites for hydroxylation is 2. The number of methoxy groups -OCH3 is 4. The van der Waals surface area contributed by atoms with E-state index in [0.29, 0.717) is 29.4 Å². The van der Waals surface area contributed by atoms with E-state index >= 15 is 0 Å². The van der Waals surface area contributed by atoms with Crippen LogP contribution in [0.25, 0.3) is 0 Å². The molecule has 0 aliphatic heterocycles. The predicted octanol–water partition coefficient (Wildman–Crippen LogP) is 3.71. The topological polar surface area (TPSA) is 63.2 Å². The third-order valence-electron chi connectivity index (χ3n) is 4.17. The third kappa shape index (κ3) is 5.29. The second-order valence-electron chi connectivity index (χ2n) is 6.01. The zero-order valence-electron chi connectivity index (χ0n) is 16.5. The Hall–Kier alpha value is -2.89. The lowest BCUT2D eigenvalue weighted by molar-refractivity contribution is -0.144. The highest BCUT2D eigenvalue weighted by Gasteiger charge is 2.14. The van der Waals surface area contributed by atoms with Gasteiger partial charge in [-0.05, 0) is 43.2 Å². The van der Waals surface area contributed by atoms with E-state index in [9.17, 15) is 4.79 Å². The van der Waals surface area contributed by atoms with Crippen LogP contribution in [-0.2, 0) is 22.6 Å². The van der Waals surface area contributed by atoms with Crippen LogP contribution in [0, 0.1) is 6.92 Å². The molecule has 0 aliphatic rings. The van der Waals surface area contributed by atoms with Gasteiger partial charge in [-0.3, -0.25) is 4.79 Å². The molecular formula is C21H26O6. The summed E-state index contributed by atoms with van der Waals surface area (Å²) in [7, 11) is 6.27. The zero-order chi connectivity index (χ0) is 19.8. The predicted molar refractivity (Wildman–Crippen MR) is 102 cm³/mol. The highest BCUT2D eigenvalue weighted by Crippen LogP contribution is 2.38. The Morgan fingerprint density at radius 2 is 1.48 bits per heavy atom. The van der Waals surface area contributed by atoms with E-state index in [4.69, 9.17) is 23.7 Å². The van der Waals surface area contributed by atoms with E-state index in [-0.39, 0.29) is 19.0 Å². The molecule has 27 heavy (non-hydrogen) atoms. The number of carbonyl (C=O) groups is 1. The molecular weight excluding hydrogens is 348 g/mol. The number of carbonyl (C=O) groups excluding carboxylic acids is 1. The maximum Gasteiger partial charge on any atom is 0.306 e. The largest absolute Gasteiger partial charge is 0.496 e. The summed E-state index contributed by atoms with van der Waals surface area (Å²) < 4.78 is 26.7. The van der Waals surface area contributed by atoms with E-state index in [0.717, 1.165) is 16.7 Å². The van der Waals surface area contributed by atoms with Crippen molar-refractivity contribution < 1.29 is 28.5 Å². The molecule has 0 aliphatic carbocycles. The molecule has 0 saturated carbocycles. The average molecular weight is 374 g/mol. The van der Waals surface area contributed by atoms with Crippen molar-refractivity contribution in [2.75, 3.05) is 28.4 Å². The average Bonchev–Trinajstić information content (AvgIpc) is 2.69. The van der Waals surface area contributed by atoms with Gasteiger partial charge in [0.15, 0.2) is 11.5 Å². The van der Waals surface area contributed by atoms with Gasteiger partial charge in [0.25, 0.3) is 0 Å². The summed E-state index contributed by atoms with van der Waals surface area (Å²) in [6.07, 6.45) is 0.743. The first-order chi connectivity index (χ1) is 13.0. The van der Waals surface area contributed by atoms with Crippen LogP contribution in [0.15, 0.2) is 30.3 Å². The van der Waals surface area contributed by atoms with Crippen molar-refractivity contribution in [2.24, 2.45) is 0 Å². The van der Waals surface area contributed by atoms with Gasteiger partial charge in [0.05, 0.1) is 28.4 Å². The number of benzene rings is 2. The Kier molecular flexibility index (Phi) is 7.34. The third-order valence-corrected chi connectivity index (χ3v) is 4.17. The molecule has 6 heteroatoms. The summed E-state index contributed by atoms with van der Waals surface area (Å²) in [5.74, 6) is 2.07. The lowest BCUT2D eigenvalue weighted by Gasteiger charge is -2.14. The van der Waals surface area contributed by atoms with Crippen molar-refractivity contribution in [1.82, 2.24) is 0 Å². The van der Waals surface area contributed by atoms with Crippen molar-refractivity contribution in [3.8, 4) is 23.0 Å². The minimum absolute atomic E-state index is 0.180. The minimum Gasteiger partial charge on any atom is -0.496 e. The number of hydrogen-bond acceptors (Lipinski definition) is 6. The Labute approximate surface area is 160 Å². The summed E-state index contributed by atoms with van der Waals surface area (Å²) >= 11 is 0. The smallest absolute Gasteiger partial charge is 0.306 e. The van der Waals surface area contributed by atoms with E-state index < -0.39 is 0 Å². The molecule has 0 spiro atoms. The quantitative estimate of drug-likeness (QED) is 0.624. The van der Waals surface area contributed by atoms with Gasteiger partial charge >= 0.3 is 5.97 Å². The lowest BCUT2D eigenvalue weighted by Crippen LogP contribution is -2.07. The Morgan fingerprint density at radius 1 is 0.852 bits per heavy atom. The molecule has 0 heterocycles. The van der Waals surface area contributed by atoms with E-state index in [1.54, 1.807) is 28.4 Å². The lowest BCUT2D eigenvalue weighted by atomic mass is 10.1. The Balaban J connectivity index is 1.99. The molecule has 0 N–H and O–H groups in total. The standard InChI is InChI=1S/C21H26O6/c1-14-6-8-17(23-2)16(10-14)13-27-20(22)9-7-15-11-18(24-3)21(26-5)19(12-15)25-4/h6,8,10-12H,7,9,13H2,1-5H3. The van der Waals surface area contributed by atoms with Crippen LogP contribution in [0.3, 0.4) is 0 Å². The number of esters is 1. The SMILES string of the molecule is COc1ccc(C)cc1COC(=O)CCc1cc(OC)c(OC)c(OC)c1. The first-order valence-electron chi connectivity index (χ1n) is 8.60. The second-order valence-corrected chi connectivity index (χ2v) is 6.01. The molecule has 0 unspecified atom stereocenters. The Morgan fingerprint density at radius 3 is 2.04 bits per heavy atom. The molecule has 0 bridgehead atoms. The van der Waals surface area contributed by atoms with Crippen molar-refractivity contribution in [2.45, 2.75) is 26.4 Å². The minimum atomic E-state index is -0.285. The molecule has 2 aromatic carbocycles. The van der Waals surface area contributed by atoms with Crippen molar-refractivity contribution >= 4 is 5.97 Å². The fourth-order valence-electron chi connectivity index (χ4n) is 2.78. The maximum atomic E-state index is 12.2. The molecule has 0 saturated heterocycles. The molecule has 0 amide bonds. The first-order valence-corrected chi connectivity index (χ1v) is 8.60. The fourth-order valence-corrected chi connectivity index (χ4v) is 2.78. The number of ether oxygens (including phenoxy) is 5. The fraction of sp³-hybridized carbons (Fsp3) is 0.381. The van der Waals surface area contributed by atoms with E-state index in [1.165, 1.54) is 0 Å². The van der Waals surface area contributed by atoms with Gasteiger partial charge in [-0.15, -0.1) is 0 Å². The van der Waals surface area contributed by atoms with Crippen LogP contribution in [-0.4, -0.2) is 34.4 Å². The molecule has 146 valence electrons.